The molecule has 1 aliphatic rings. The number of imide groups is 1. The molecule has 0 saturated heterocycles. The first-order valence-corrected chi connectivity index (χ1v) is 7.24. The van der Waals surface area contributed by atoms with Crippen LogP contribution in [0.2, 0.25) is 0 Å². The third-order valence-corrected chi connectivity index (χ3v) is 4.10. The van der Waals surface area contributed by atoms with Crippen molar-refractivity contribution in [3.63, 3.8) is 0 Å². The van der Waals surface area contributed by atoms with Gasteiger partial charge in [0, 0.05) is 0 Å². The summed E-state index contributed by atoms with van der Waals surface area (Å²) in [5, 5.41) is 2.69. The van der Waals surface area contributed by atoms with E-state index in [1.165, 1.54) is 31.2 Å². The Kier molecular flexibility index (Phi) is 3.02. The number of carbonyl (C=O) groups is 2. The summed E-state index contributed by atoms with van der Waals surface area (Å²) in [6.45, 7) is 1.52. The molecule has 2 aromatic carbocycles. The molecule has 1 aliphatic heterocycles. The number of rotatable bonds is 1. The van der Waals surface area contributed by atoms with Gasteiger partial charge in [-0.3, -0.25) is 9.59 Å². The van der Waals surface area contributed by atoms with Crippen LogP contribution in [0, 0.1) is 6.92 Å². The topological polar surface area (TPSA) is 63.4 Å². The second-order valence-electron chi connectivity index (χ2n) is 5.62. The van der Waals surface area contributed by atoms with E-state index in [2.05, 4.69) is 5.16 Å². The first kappa shape index (κ1) is 15.4. The quantitative estimate of drug-likeness (QED) is 0.626. The smallest absolute Gasteiger partial charge is 0.356 e. The predicted octanol–water partition coefficient (Wildman–Crippen LogP) is 3.96. The maximum atomic E-state index is 13.3. The van der Waals surface area contributed by atoms with E-state index in [1.54, 1.807) is 12.1 Å². The minimum absolute atomic E-state index is 0.147. The number of halogens is 3. The Balaban J connectivity index is 2.03. The number of aryl methyl sites for hydroxylation is 1. The normalized spacial score (nSPS) is 14.5. The molecule has 5 nitrogen and oxygen atoms in total. The number of alkyl halides is 3. The number of fused-ring (bicyclic) bond motifs is 2. The van der Waals surface area contributed by atoms with Gasteiger partial charge < -0.3 is 4.52 Å². The molecule has 0 fully saturated rings. The van der Waals surface area contributed by atoms with Crippen LogP contribution in [0.5, 0.6) is 0 Å². The van der Waals surface area contributed by atoms with Gasteiger partial charge in [0.25, 0.3) is 11.8 Å². The van der Waals surface area contributed by atoms with Crippen LogP contribution < -0.4 is 4.90 Å². The highest BCUT2D eigenvalue weighted by Crippen LogP contribution is 2.42. The lowest BCUT2D eigenvalue weighted by Gasteiger charge is -2.18. The molecular formula is C17H9F3N2O3. The van der Waals surface area contributed by atoms with Crippen molar-refractivity contribution < 1.29 is 27.3 Å². The molecule has 1 aromatic heterocycles. The fraction of sp³-hybridized carbons (Fsp3) is 0.118. The fourth-order valence-electron chi connectivity index (χ4n) is 3.00. The van der Waals surface area contributed by atoms with Gasteiger partial charge in [-0.15, -0.1) is 0 Å². The van der Waals surface area contributed by atoms with Crippen LogP contribution in [0.15, 0.2) is 40.9 Å². The predicted molar refractivity (Wildman–Crippen MR) is 81.3 cm³/mol. The molecule has 2 heterocycles. The molecule has 126 valence electrons. The Morgan fingerprint density at radius 3 is 2.16 bits per heavy atom. The monoisotopic (exact) mass is 346 g/mol. The second kappa shape index (κ2) is 4.92. The summed E-state index contributed by atoms with van der Waals surface area (Å²) >= 11 is 0. The van der Waals surface area contributed by atoms with Crippen LogP contribution in [-0.2, 0) is 6.18 Å². The van der Waals surface area contributed by atoms with Crippen molar-refractivity contribution in [2.24, 2.45) is 0 Å². The zero-order valence-corrected chi connectivity index (χ0v) is 12.7. The van der Waals surface area contributed by atoms with E-state index in [-0.39, 0.29) is 22.4 Å². The molecule has 0 unspecified atom stereocenters. The van der Waals surface area contributed by atoms with Crippen LogP contribution in [0.1, 0.15) is 32.0 Å². The highest BCUT2D eigenvalue weighted by Gasteiger charge is 2.43. The first-order valence-electron chi connectivity index (χ1n) is 7.24. The lowest BCUT2D eigenvalue weighted by Crippen LogP contribution is -2.30. The highest BCUT2D eigenvalue weighted by atomic mass is 19.4. The summed E-state index contributed by atoms with van der Waals surface area (Å²) in [5.74, 6) is -1.35. The number of benzene rings is 2. The molecule has 3 aromatic rings. The van der Waals surface area contributed by atoms with Crippen LogP contribution >= 0.6 is 0 Å². The Labute approximate surface area is 138 Å². The number of aromatic nitrogens is 1. The van der Waals surface area contributed by atoms with Crippen molar-refractivity contribution in [3.8, 4) is 0 Å². The molecular weight excluding hydrogens is 337 g/mol. The zero-order valence-electron chi connectivity index (χ0n) is 12.7. The summed E-state index contributed by atoms with van der Waals surface area (Å²) in [6, 6.07) is 8.90. The molecule has 0 saturated carbocycles. The first-order chi connectivity index (χ1) is 11.8. The van der Waals surface area contributed by atoms with Crippen LogP contribution in [0.3, 0.4) is 0 Å². The lowest BCUT2D eigenvalue weighted by molar-refractivity contribution is -0.141. The maximum absolute atomic E-state index is 13.3. The largest absolute Gasteiger partial charge is 0.437 e. The summed E-state index contributed by atoms with van der Waals surface area (Å²) in [6.07, 6.45) is -4.79. The minimum atomic E-state index is -4.79. The number of carbonyl (C=O) groups excluding carboxylic acids is 2. The molecule has 8 heteroatoms. The van der Waals surface area contributed by atoms with Crippen LogP contribution in [-0.4, -0.2) is 17.0 Å². The molecule has 2 amide bonds. The van der Waals surface area contributed by atoms with E-state index in [9.17, 15) is 22.8 Å². The maximum Gasteiger partial charge on any atom is 0.437 e. The molecule has 0 spiro atoms. The van der Waals surface area contributed by atoms with Gasteiger partial charge in [-0.1, -0.05) is 23.4 Å². The van der Waals surface area contributed by atoms with Crippen molar-refractivity contribution in [3.05, 3.63) is 58.8 Å². The van der Waals surface area contributed by atoms with Gasteiger partial charge in [0.2, 0.25) is 0 Å². The molecule has 0 bridgehead atoms. The van der Waals surface area contributed by atoms with E-state index >= 15 is 0 Å². The molecule has 0 atom stereocenters. The zero-order chi connectivity index (χ0) is 17.9. The minimum Gasteiger partial charge on any atom is -0.356 e. The van der Waals surface area contributed by atoms with E-state index in [1.807, 2.05) is 0 Å². The molecule has 4 rings (SSSR count). The summed E-state index contributed by atoms with van der Waals surface area (Å²) in [4.78, 5) is 26.1. The number of hydrogen-bond donors (Lipinski definition) is 0. The summed E-state index contributed by atoms with van der Waals surface area (Å²) in [5.41, 5.74) is -0.946. The Morgan fingerprint density at radius 2 is 1.60 bits per heavy atom. The van der Waals surface area contributed by atoms with Crippen molar-refractivity contribution >= 4 is 28.5 Å². The Morgan fingerprint density at radius 1 is 1.00 bits per heavy atom. The van der Waals surface area contributed by atoms with Gasteiger partial charge in [-0.2, -0.15) is 13.2 Å². The van der Waals surface area contributed by atoms with E-state index in [0.717, 1.165) is 4.90 Å². The summed E-state index contributed by atoms with van der Waals surface area (Å²) < 4.78 is 44.6. The molecule has 0 N–H and O–H groups in total. The summed E-state index contributed by atoms with van der Waals surface area (Å²) in [7, 11) is 0. The fourth-order valence-corrected chi connectivity index (χ4v) is 3.00. The Hall–Kier alpha value is -3.16. The molecule has 0 aliphatic carbocycles. The standard InChI is InChI=1S/C17H9F3N2O3/c1-8-6-7-11-12(14(21-25-11)17(18,19)20)13(8)22-15(23)9-4-2-3-5-10(9)16(22)24/h2-7H,1H3. The SMILES string of the molecule is Cc1ccc2onc(C(F)(F)F)c2c1N1C(=O)c2ccccc2C1=O. The van der Waals surface area contributed by atoms with Crippen LogP contribution in [0.25, 0.3) is 11.0 Å². The number of hydrogen-bond acceptors (Lipinski definition) is 4. The highest BCUT2D eigenvalue weighted by molar-refractivity contribution is 6.36. The molecule has 0 radical (unpaired) electrons. The van der Waals surface area contributed by atoms with Crippen LogP contribution in [0.4, 0.5) is 18.9 Å². The molecule has 25 heavy (non-hydrogen) atoms. The van der Waals surface area contributed by atoms with Gasteiger partial charge in [-0.25, -0.2) is 4.90 Å². The van der Waals surface area contributed by atoms with Crippen molar-refractivity contribution in [1.29, 1.82) is 0 Å². The van der Waals surface area contributed by atoms with Gasteiger partial charge >= 0.3 is 6.18 Å². The third-order valence-electron chi connectivity index (χ3n) is 4.10. The van der Waals surface area contributed by atoms with Gasteiger partial charge in [-0.05, 0) is 30.7 Å². The van der Waals surface area contributed by atoms with E-state index in [4.69, 9.17) is 4.52 Å². The lowest BCUT2D eigenvalue weighted by atomic mass is 10.1. The van der Waals surface area contributed by atoms with Gasteiger partial charge in [0.1, 0.15) is 0 Å². The van der Waals surface area contributed by atoms with Crippen molar-refractivity contribution in [2.45, 2.75) is 13.1 Å². The Bertz CT molecular complexity index is 1020. The number of anilines is 1. The van der Waals surface area contributed by atoms with Gasteiger partial charge in [0.15, 0.2) is 11.3 Å². The van der Waals surface area contributed by atoms with E-state index in [0.29, 0.717) is 5.56 Å². The average molecular weight is 346 g/mol. The second-order valence-corrected chi connectivity index (χ2v) is 5.62. The van der Waals surface area contributed by atoms with Crippen molar-refractivity contribution in [2.75, 3.05) is 4.90 Å². The number of nitrogens with zero attached hydrogens (tertiary/aromatic N) is 2. The number of amides is 2. The average Bonchev–Trinajstić information content (AvgIpc) is 3.10. The van der Waals surface area contributed by atoms with Gasteiger partial charge in [0.05, 0.1) is 22.2 Å². The van der Waals surface area contributed by atoms with Crippen molar-refractivity contribution in [1.82, 2.24) is 5.16 Å². The van der Waals surface area contributed by atoms with E-state index < -0.39 is 29.1 Å². The third kappa shape index (κ3) is 2.07.